The van der Waals surface area contributed by atoms with Crippen molar-refractivity contribution in [2.45, 2.75) is 45.1 Å². The Balaban J connectivity index is 1.42. The van der Waals surface area contributed by atoms with Gasteiger partial charge in [-0.25, -0.2) is 0 Å². The van der Waals surface area contributed by atoms with E-state index in [2.05, 4.69) is 10.6 Å². The van der Waals surface area contributed by atoms with E-state index in [1.54, 1.807) is 18.2 Å². The zero-order chi connectivity index (χ0) is 21.6. The highest BCUT2D eigenvalue weighted by molar-refractivity contribution is 5.88. The molecule has 2 rings (SSSR count). The number of aromatic hydroxyl groups is 1. The fourth-order valence-electron chi connectivity index (χ4n) is 3.15. The molecule has 0 heterocycles. The Morgan fingerprint density at radius 1 is 1.03 bits per heavy atom. The number of carbonyl (C=O) groups excluding carboxylic acids is 1. The number of amides is 1. The maximum absolute atomic E-state index is 11.0. The molecule has 4 N–H and O–H groups in total. The lowest BCUT2D eigenvalue weighted by Gasteiger charge is -2.12. The number of nitrogens with one attached hydrogen (secondary N) is 2. The van der Waals surface area contributed by atoms with E-state index >= 15 is 0 Å². The fraction of sp³-hybridized carbons (Fsp3) is 0.458. The lowest BCUT2D eigenvalue weighted by molar-refractivity contribution is -0.114. The number of benzene rings is 2. The number of unbranched alkanes of at least 4 members (excludes halogenated alkanes) is 3. The van der Waals surface area contributed by atoms with Gasteiger partial charge in [-0.1, -0.05) is 37.1 Å². The second kappa shape index (κ2) is 13.7. The van der Waals surface area contributed by atoms with E-state index in [9.17, 15) is 15.0 Å². The predicted molar refractivity (Wildman–Crippen MR) is 120 cm³/mol. The van der Waals surface area contributed by atoms with Gasteiger partial charge in [0.1, 0.15) is 5.75 Å². The molecule has 2 aromatic carbocycles. The van der Waals surface area contributed by atoms with Crippen molar-refractivity contribution in [3.8, 4) is 5.75 Å². The van der Waals surface area contributed by atoms with Crippen molar-refractivity contribution in [1.29, 1.82) is 0 Å². The number of hydrogen-bond acceptors (Lipinski definition) is 5. The highest BCUT2D eigenvalue weighted by Crippen LogP contribution is 2.17. The first-order chi connectivity index (χ1) is 14.5. The van der Waals surface area contributed by atoms with Crippen molar-refractivity contribution in [3.05, 3.63) is 59.7 Å². The summed E-state index contributed by atoms with van der Waals surface area (Å²) in [7, 11) is 0. The second-order valence-corrected chi connectivity index (χ2v) is 7.47. The summed E-state index contributed by atoms with van der Waals surface area (Å²) in [6.07, 6.45) is 4.63. The number of ether oxygens (including phenoxy) is 1. The number of aliphatic hydroxyl groups excluding tert-OH is 1. The average molecular weight is 415 g/mol. The number of rotatable bonds is 14. The van der Waals surface area contributed by atoms with Gasteiger partial charge in [0.25, 0.3) is 0 Å². The Morgan fingerprint density at radius 3 is 2.53 bits per heavy atom. The molecule has 6 heteroatoms. The summed E-state index contributed by atoms with van der Waals surface area (Å²) in [6, 6.07) is 14.6. The van der Waals surface area contributed by atoms with Gasteiger partial charge in [-0.15, -0.1) is 0 Å². The minimum Gasteiger partial charge on any atom is -0.508 e. The predicted octanol–water partition coefficient (Wildman–Crippen LogP) is 3.79. The SMILES string of the molecule is CC(=O)Nc1ccc(CCOCCCCCCNCC(O)c2cccc(O)c2)cc1. The van der Waals surface area contributed by atoms with E-state index in [1.165, 1.54) is 12.5 Å². The Kier molecular flexibility index (Phi) is 10.9. The molecule has 0 aromatic heterocycles. The molecule has 0 aliphatic rings. The third-order valence-electron chi connectivity index (χ3n) is 4.79. The van der Waals surface area contributed by atoms with Gasteiger partial charge in [-0.3, -0.25) is 4.79 Å². The molecule has 0 aliphatic carbocycles. The monoisotopic (exact) mass is 414 g/mol. The van der Waals surface area contributed by atoms with Crippen LogP contribution in [0.3, 0.4) is 0 Å². The van der Waals surface area contributed by atoms with Gasteiger partial charge in [-0.05, 0) is 61.2 Å². The summed E-state index contributed by atoms with van der Waals surface area (Å²) >= 11 is 0. The molecule has 0 spiro atoms. The van der Waals surface area contributed by atoms with Crippen LogP contribution in [0, 0.1) is 0 Å². The van der Waals surface area contributed by atoms with Crippen LogP contribution in [0.2, 0.25) is 0 Å². The molecular formula is C24H34N2O4. The van der Waals surface area contributed by atoms with Crippen LogP contribution in [0.15, 0.2) is 48.5 Å². The van der Waals surface area contributed by atoms with Gasteiger partial charge in [0.2, 0.25) is 5.91 Å². The zero-order valence-corrected chi connectivity index (χ0v) is 17.8. The number of aliphatic hydroxyl groups is 1. The summed E-state index contributed by atoms with van der Waals surface area (Å²) in [5.74, 6) is 0.112. The molecule has 30 heavy (non-hydrogen) atoms. The van der Waals surface area contributed by atoms with Gasteiger partial charge in [0, 0.05) is 25.8 Å². The van der Waals surface area contributed by atoms with Crippen LogP contribution in [-0.4, -0.2) is 42.4 Å². The maximum Gasteiger partial charge on any atom is 0.221 e. The van der Waals surface area contributed by atoms with Crippen LogP contribution in [0.1, 0.15) is 49.8 Å². The van der Waals surface area contributed by atoms with Crippen LogP contribution in [0.4, 0.5) is 5.69 Å². The van der Waals surface area contributed by atoms with Gasteiger partial charge in [-0.2, -0.15) is 0 Å². The molecule has 1 atom stereocenters. The molecule has 0 radical (unpaired) electrons. The molecule has 0 saturated carbocycles. The quantitative estimate of drug-likeness (QED) is 0.353. The maximum atomic E-state index is 11.0. The van der Waals surface area contributed by atoms with Crippen LogP contribution in [-0.2, 0) is 16.0 Å². The van der Waals surface area contributed by atoms with Crippen molar-refractivity contribution in [1.82, 2.24) is 5.32 Å². The van der Waals surface area contributed by atoms with Crippen LogP contribution in [0.5, 0.6) is 5.75 Å². The van der Waals surface area contributed by atoms with Gasteiger partial charge < -0.3 is 25.6 Å². The summed E-state index contributed by atoms with van der Waals surface area (Å²) in [6.45, 7) is 4.33. The minimum atomic E-state index is -0.605. The third-order valence-corrected chi connectivity index (χ3v) is 4.79. The molecule has 0 fully saturated rings. The van der Waals surface area contributed by atoms with E-state index in [4.69, 9.17) is 4.74 Å². The van der Waals surface area contributed by atoms with Crippen molar-refractivity contribution in [2.24, 2.45) is 0 Å². The zero-order valence-electron chi connectivity index (χ0n) is 17.8. The Hall–Kier alpha value is -2.41. The van der Waals surface area contributed by atoms with Crippen LogP contribution in [0.25, 0.3) is 0 Å². The first-order valence-corrected chi connectivity index (χ1v) is 10.7. The molecule has 1 unspecified atom stereocenters. The number of carbonyl (C=O) groups is 1. The van der Waals surface area contributed by atoms with E-state index in [1.807, 2.05) is 30.3 Å². The van der Waals surface area contributed by atoms with Gasteiger partial charge in [0.05, 0.1) is 12.7 Å². The lowest BCUT2D eigenvalue weighted by atomic mass is 10.1. The van der Waals surface area contributed by atoms with E-state index in [-0.39, 0.29) is 11.7 Å². The molecular weight excluding hydrogens is 380 g/mol. The first kappa shape index (κ1) is 23.9. The highest BCUT2D eigenvalue weighted by atomic mass is 16.5. The highest BCUT2D eigenvalue weighted by Gasteiger charge is 2.07. The van der Waals surface area contributed by atoms with Gasteiger partial charge in [0.15, 0.2) is 0 Å². The number of hydrogen-bond donors (Lipinski definition) is 4. The van der Waals surface area contributed by atoms with Crippen LogP contribution >= 0.6 is 0 Å². The van der Waals surface area contributed by atoms with Crippen molar-refractivity contribution >= 4 is 11.6 Å². The molecule has 164 valence electrons. The first-order valence-electron chi connectivity index (χ1n) is 10.7. The normalized spacial score (nSPS) is 11.9. The lowest BCUT2D eigenvalue weighted by Crippen LogP contribution is -2.22. The smallest absolute Gasteiger partial charge is 0.221 e. The van der Waals surface area contributed by atoms with Crippen molar-refractivity contribution < 1.29 is 19.7 Å². The Labute approximate surface area is 179 Å². The van der Waals surface area contributed by atoms with Gasteiger partial charge >= 0.3 is 0 Å². The Bertz CT molecular complexity index is 749. The van der Waals surface area contributed by atoms with Crippen LogP contribution < -0.4 is 10.6 Å². The number of phenolic OH excluding ortho intramolecular Hbond substituents is 1. The topological polar surface area (TPSA) is 90.8 Å². The number of anilines is 1. The molecule has 0 aliphatic heterocycles. The summed E-state index contributed by atoms with van der Waals surface area (Å²) < 4.78 is 5.71. The van der Waals surface area contributed by atoms with E-state index in [0.717, 1.165) is 56.5 Å². The molecule has 1 amide bonds. The van der Waals surface area contributed by atoms with E-state index in [0.29, 0.717) is 13.2 Å². The standard InChI is InChI=1S/C24H34N2O4/c1-19(27)26-22-11-9-20(10-12-22)13-16-30-15-5-3-2-4-14-25-18-24(29)21-7-6-8-23(28)17-21/h6-12,17,24-25,28-29H,2-5,13-16,18H2,1H3,(H,26,27). The second-order valence-electron chi connectivity index (χ2n) is 7.47. The van der Waals surface area contributed by atoms with E-state index < -0.39 is 6.10 Å². The summed E-state index contributed by atoms with van der Waals surface area (Å²) in [4.78, 5) is 11.0. The van der Waals surface area contributed by atoms with Crippen molar-refractivity contribution in [3.63, 3.8) is 0 Å². The summed E-state index contributed by atoms with van der Waals surface area (Å²) in [5.41, 5.74) is 2.74. The molecule has 0 bridgehead atoms. The fourth-order valence-corrected chi connectivity index (χ4v) is 3.15. The Morgan fingerprint density at radius 2 is 1.80 bits per heavy atom. The third kappa shape index (κ3) is 9.87. The minimum absolute atomic E-state index is 0.0622. The number of phenols is 1. The average Bonchev–Trinajstić information content (AvgIpc) is 2.72. The molecule has 0 saturated heterocycles. The summed E-state index contributed by atoms with van der Waals surface area (Å²) in [5, 5.41) is 25.6. The molecule has 6 nitrogen and oxygen atoms in total. The van der Waals surface area contributed by atoms with Crippen molar-refractivity contribution in [2.75, 3.05) is 31.6 Å². The molecule has 2 aromatic rings. The largest absolute Gasteiger partial charge is 0.508 e.